The number of hydrogen-bond donors (Lipinski definition) is 1. The predicted octanol–water partition coefficient (Wildman–Crippen LogP) is 4.48. The summed E-state index contributed by atoms with van der Waals surface area (Å²) in [5, 5.41) is 3.70. The van der Waals surface area contributed by atoms with E-state index in [0.717, 1.165) is 6.26 Å². The third-order valence-corrected chi connectivity index (χ3v) is 6.93. The molecule has 10 heteroatoms. The number of halogens is 2. The average molecular weight is 529 g/mol. The molecule has 2 amide bonds. The fourth-order valence-electron chi connectivity index (χ4n) is 3.42. The Balaban J connectivity index is 2.19. The van der Waals surface area contributed by atoms with Gasteiger partial charge in [-0.2, -0.15) is 0 Å². The lowest BCUT2D eigenvalue weighted by atomic mass is 10.1. The van der Waals surface area contributed by atoms with Crippen LogP contribution < -0.4 is 9.62 Å². The number of amides is 2. The monoisotopic (exact) mass is 527 g/mol. The number of benzene rings is 2. The van der Waals surface area contributed by atoms with Crippen molar-refractivity contribution >= 4 is 50.7 Å². The van der Waals surface area contributed by atoms with Crippen molar-refractivity contribution < 1.29 is 18.0 Å². The Kier molecular flexibility index (Phi) is 10.2. The first kappa shape index (κ1) is 28.0. The molecule has 0 saturated heterocycles. The van der Waals surface area contributed by atoms with Crippen LogP contribution in [0.4, 0.5) is 5.69 Å². The highest BCUT2D eigenvalue weighted by Crippen LogP contribution is 2.24. The maximum Gasteiger partial charge on any atom is 0.242 e. The van der Waals surface area contributed by atoms with Crippen LogP contribution in [0.2, 0.25) is 10.0 Å². The molecule has 0 bridgehead atoms. The Morgan fingerprint density at radius 3 is 2.24 bits per heavy atom. The fourth-order valence-corrected chi connectivity index (χ4v) is 4.85. The first-order valence-electron chi connectivity index (χ1n) is 11.0. The van der Waals surface area contributed by atoms with Crippen LogP contribution in [0.3, 0.4) is 0 Å². The summed E-state index contributed by atoms with van der Waals surface area (Å²) in [5.74, 6) is -0.561. The molecule has 2 aromatic rings. The number of carbonyl (C=O) groups is 2. The van der Waals surface area contributed by atoms with Gasteiger partial charge in [0.25, 0.3) is 0 Å². The van der Waals surface area contributed by atoms with Gasteiger partial charge in [-0.15, -0.1) is 0 Å². The van der Waals surface area contributed by atoms with Crippen molar-refractivity contribution in [2.45, 2.75) is 52.2 Å². The van der Waals surface area contributed by atoms with E-state index in [2.05, 4.69) is 5.32 Å². The fraction of sp³-hybridized carbons (Fsp3) is 0.417. The summed E-state index contributed by atoms with van der Waals surface area (Å²) in [7, 11) is -3.52. The highest BCUT2D eigenvalue weighted by Gasteiger charge is 2.27. The van der Waals surface area contributed by atoms with Crippen molar-refractivity contribution in [3.05, 3.63) is 64.1 Å². The number of nitrogens with one attached hydrogen (secondary N) is 1. The minimum atomic E-state index is -3.52. The largest absolute Gasteiger partial charge is 0.352 e. The summed E-state index contributed by atoms with van der Waals surface area (Å²) in [6.45, 7) is 5.60. The molecule has 34 heavy (non-hydrogen) atoms. The molecule has 0 aliphatic carbocycles. The maximum absolute atomic E-state index is 13.2. The summed E-state index contributed by atoms with van der Waals surface area (Å²) in [4.78, 5) is 27.4. The molecule has 0 aliphatic heterocycles. The normalized spacial score (nSPS) is 12.3. The second-order valence-corrected chi connectivity index (χ2v) is 11.1. The first-order chi connectivity index (χ1) is 15.9. The zero-order valence-corrected chi connectivity index (χ0v) is 22.1. The summed E-state index contributed by atoms with van der Waals surface area (Å²) in [6.07, 6.45) is 1.47. The second-order valence-electron chi connectivity index (χ2n) is 8.37. The molecule has 0 heterocycles. The van der Waals surface area contributed by atoms with E-state index in [0.29, 0.717) is 21.3 Å². The molecule has 0 saturated carbocycles. The van der Waals surface area contributed by atoms with E-state index in [-0.39, 0.29) is 43.8 Å². The SMILES string of the molecule is CC(C)NC(=O)C(C)N(Cc1ccc(Cl)cc1Cl)C(=O)CCCN(c1ccccc1)S(C)(=O)=O. The lowest BCUT2D eigenvalue weighted by Gasteiger charge is -2.30. The van der Waals surface area contributed by atoms with E-state index in [1.807, 2.05) is 13.8 Å². The Hall–Kier alpha value is -2.29. The molecule has 186 valence electrons. The third kappa shape index (κ3) is 8.18. The average Bonchev–Trinajstić information content (AvgIpc) is 2.75. The lowest BCUT2D eigenvalue weighted by molar-refractivity contribution is -0.140. The summed E-state index contributed by atoms with van der Waals surface area (Å²) in [5.41, 5.74) is 1.19. The van der Waals surface area contributed by atoms with E-state index < -0.39 is 16.1 Å². The maximum atomic E-state index is 13.2. The van der Waals surface area contributed by atoms with E-state index >= 15 is 0 Å². The highest BCUT2D eigenvalue weighted by atomic mass is 35.5. The zero-order chi connectivity index (χ0) is 25.5. The van der Waals surface area contributed by atoms with Crippen LogP contribution in [0, 0.1) is 0 Å². The second kappa shape index (κ2) is 12.4. The van der Waals surface area contributed by atoms with Gasteiger partial charge in [0, 0.05) is 35.6 Å². The number of carbonyl (C=O) groups excluding carboxylic acids is 2. The Labute approximate surface area is 212 Å². The number of hydrogen-bond acceptors (Lipinski definition) is 4. The quantitative estimate of drug-likeness (QED) is 0.466. The van der Waals surface area contributed by atoms with Crippen molar-refractivity contribution in [3.63, 3.8) is 0 Å². The molecule has 0 spiro atoms. The Morgan fingerprint density at radius 2 is 1.68 bits per heavy atom. The van der Waals surface area contributed by atoms with Crippen LogP contribution in [0.1, 0.15) is 39.2 Å². The van der Waals surface area contributed by atoms with Crippen LogP contribution in [0.15, 0.2) is 48.5 Å². The van der Waals surface area contributed by atoms with Crippen LogP contribution in [-0.2, 0) is 26.2 Å². The van der Waals surface area contributed by atoms with Gasteiger partial charge in [-0.05, 0) is 57.0 Å². The first-order valence-corrected chi connectivity index (χ1v) is 13.6. The molecular formula is C24H31Cl2N3O4S. The van der Waals surface area contributed by atoms with Gasteiger partial charge in [0.1, 0.15) is 6.04 Å². The molecule has 1 atom stereocenters. The molecule has 0 radical (unpaired) electrons. The van der Waals surface area contributed by atoms with Gasteiger partial charge in [-0.25, -0.2) is 8.42 Å². The number of rotatable bonds is 11. The predicted molar refractivity (Wildman–Crippen MR) is 138 cm³/mol. The van der Waals surface area contributed by atoms with Crippen molar-refractivity contribution in [2.75, 3.05) is 17.1 Å². The van der Waals surface area contributed by atoms with Crippen molar-refractivity contribution in [2.24, 2.45) is 0 Å². The molecular weight excluding hydrogens is 497 g/mol. The van der Waals surface area contributed by atoms with Crippen LogP contribution in [0.5, 0.6) is 0 Å². The molecule has 2 rings (SSSR count). The third-order valence-electron chi connectivity index (χ3n) is 5.15. The van der Waals surface area contributed by atoms with E-state index in [4.69, 9.17) is 23.2 Å². The number of anilines is 1. The van der Waals surface area contributed by atoms with Gasteiger partial charge < -0.3 is 10.2 Å². The van der Waals surface area contributed by atoms with Crippen LogP contribution in [-0.4, -0.2) is 50.0 Å². The van der Waals surface area contributed by atoms with Crippen molar-refractivity contribution in [1.82, 2.24) is 10.2 Å². The minimum absolute atomic E-state index is 0.0589. The van der Waals surface area contributed by atoms with Crippen molar-refractivity contribution in [1.29, 1.82) is 0 Å². The van der Waals surface area contributed by atoms with Gasteiger partial charge in [0.05, 0.1) is 11.9 Å². The topological polar surface area (TPSA) is 86.8 Å². The van der Waals surface area contributed by atoms with Gasteiger partial charge in [-0.1, -0.05) is 47.5 Å². The number of sulfonamides is 1. The smallest absolute Gasteiger partial charge is 0.242 e. The number of para-hydroxylation sites is 1. The molecule has 7 nitrogen and oxygen atoms in total. The molecule has 0 aromatic heterocycles. The Bertz CT molecular complexity index is 1090. The molecule has 0 aliphatic rings. The molecule has 1 N–H and O–H groups in total. The van der Waals surface area contributed by atoms with Crippen LogP contribution in [0.25, 0.3) is 0 Å². The summed E-state index contributed by atoms with van der Waals surface area (Å²) >= 11 is 12.3. The molecule has 1 unspecified atom stereocenters. The highest BCUT2D eigenvalue weighted by molar-refractivity contribution is 7.92. The van der Waals surface area contributed by atoms with E-state index in [1.165, 1.54) is 9.21 Å². The number of nitrogens with zero attached hydrogens (tertiary/aromatic N) is 2. The van der Waals surface area contributed by atoms with Crippen molar-refractivity contribution in [3.8, 4) is 0 Å². The van der Waals surface area contributed by atoms with Gasteiger partial charge in [0.2, 0.25) is 21.8 Å². The molecule has 2 aromatic carbocycles. The summed E-state index contributed by atoms with van der Waals surface area (Å²) < 4.78 is 25.9. The molecule has 0 fully saturated rings. The minimum Gasteiger partial charge on any atom is -0.352 e. The van der Waals surface area contributed by atoms with E-state index in [9.17, 15) is 18.0 Å². The van der Waals surface area contributed by atoms with Crippen LogP contribution >= 0.6 is 23.2 Å². The van der Waals surface area contributed by atoms with Gasteiger partial charge in [-0.3, -0.25) is 13.9 Å². The van der Waals surface area contributed by atoms with Gasteiger partial charge in [0.15, 0.2) is 0 Å². The standard InChI is InChI=1S/C24H31Cl2N3O4S/c1-17(2)27-24(31)18(3)28(16-19-12-13-20(25)15-22(19)26)23(30)11-8-14-29(34(4,32)33)21-9-6-5-7-10-21/h5-7,9-10,12-13,15,17-18H,8,11,14,16H2,1-4H3,(H,27,31). The summed E-state index contributed by atoms with van der Waals surface area (Å²) in [6, 6.07) is 12.9. The van der Waals surface area contributed by atoms with E-state index in [1.54, 1.807) is 55.5 Å². The lowest BCUT2D eigenvalue weighted by Crippen LogP contribution is -2.49. The Morgan fingerprint density at radius 1 is 1.03 bits per heavy atom. The zero-order valence-electron chi connectivity index (χ0n) is 19.8. The van der Waals surface area contributed by atoms with Gasteiger partial charge >= 0.3 is 0 Å².